The van der Waals surface area contributed by atoms with Gasteiger partial charge in [-0.2, -0.15) is 5.26 Å². The minimum atomic E-state index is -1.65. The molecular weight excluding hydrogens is 366 g/mol. The number of ether oxygens (including phenoxy) is 4. The normalized spacial score (nSPS) is 43.7. The van der Waals surface area contributed by atoms with Crippen LogP contribution >= 0.6 is 0 Å². The van der Waals surface area contributed by atoms with E-state index in [9.17, 15) is 30.6 Å². The molecule has 0 bridgehead atoms. The summed E-state index contributed by atoms with van der Waals surface area (Å²) in [5.41, 5.74) is 0.355. The van der Waals surface area contributed by atoms with Gasteiger partial charge in [0, 0.05) is 0 Å². The maximum absolute atomic E-state index is 10.1. The first-order valence-corrected chi connectivity index (χ1v) is 8.35. The zero-order valence-corrected chi connectivity index (χ0v) is 14.7. The second-order valence-corrected chi connectivity index (χ2v) is 6.59. The van der Waals surface area contributed by atoms with Gasteiger partial charge in [-0.3, -0.25) is 0 Å². The predicted molar refractivity (Wildman–Crippen MR) is 85.7 cm³/mol. The Morgan fingerprint density at radius 2 is 1.70 bits per heavy atom. The molecule has 27 heavy (non-hydrogen) atoms. The van der Waals surface area contributed by atoms with E-state index >= 15 is 0 Å². The number of rotatable bonds is 6. The van der Waals surface area contributed by atoms with Crippen molar-refractivity contribution in [1.29, 1.82) is 5.26 Å². The molecule has 2 heterocycles. The number of nitriles is 1. The maximum Gasteiger partial charge on any atom is 0.188 e. The van der Waals surface area contributed by atoms with Gasteiger partial charge in [-0.25, -0.2) is 0 Å². The first kappa shape index (κ1) is 22.1. The van der Waals surface area contributed by atoms with E-state index in [1.54, 1.807) is 0 Å². The Labute approximate surface area is 155 Å². The molecule has 0 aromatic rings. The molecule has 6 N–H and O–H groups in total. The number of hydrogen-bond donors (Lipinski definition) is 6. The second kappa shape index (κ2) is 9.35. The van der Waals surface area contributed by atoms with E-state index < -0.39 is 68.0 Å². The average molecular weight is 391 g/mol. The van der Waals surface area contributed by atoms with Crippen LogP contribution in [0.5, 0.6) is 0 Å². The van der Waals surface area contributed by atoms with Crippen molar-refractivity contribution in [2.45, 2.75) is 68.3 Å². The summed E-state index contributed by atoms with van der Waals surface area (Å²) in [4.78, 5) is 0. The molecule has 10 atom stereocenters. The van der Waals surface area contributed by atoms with E-state index in [0.29, 0.717) is 5.57 Å². The van der Waals surface area contributed by atoms with Gasteiger partial charge in [0.05, 0.1) is 19.3 Å². The Balaban J connectivity index is 1.99. The highest BCUT2D eigenvalue weighted by molar-refractivity contribution is 5.10. The molecule has 0 aromatic carbocycles. The summed E-state index contributed by atoms with van der Waals surface area (Å²) in [5.74, 6) is 0. The molecule has 2 saturated heterocycles. The van der Waals surface area contributed by atoms with Crippen molar-refractivity contribution in [2.24, 2.45) is 0 Å². The molecule has 2 aliphatic rings. The number of aliphatic hydroxyl groups is 6. The van der Waals surface area contributed by atoms with Gasteiger partial charge in [0.15, 0.2) is 18.7 Å². The largest absolute Gasteiger partial charge is 0.388 e. The summed E-state index contributed by atoms with van der Waals surface area (Å²) in [6.45, 7) is 4.44. The topological polar surface area (TPSA) is 182 Å². The quantitative estimate of drug-likeness (QED) is 0.250. The summed E-state index contributed by atoms with van der Waals surface area (Å²) < 4.78 is 21.0. The summed E-state index contributed by atoms with van der Waals surface area (Å²) in [6, 6.07) is 1.82. The summed E-state index contributed by atoms with van der Waals surface area (Å²) in [6.07, 6.45) is -14.1. The van der Waals surface area contributed by atoms with Gasteiger partial charge in [0.2, 0.25) is 0 Å². The van der Waals surface area contributed by atoms with Gasteiger partial charge >= 0.3 is 0 Å². The molecule has 0 aliphatic carbocycles. The van der Waals surface area contributed by atoms with Crippen LogP contribution in [0.1, 0.15) is 6.92 Å². The fraction of sp³-hybridized carbons (Fsp3) is 0.812. The van der Waals surface area contributed by atoms with Gasteiger partial charge in [-0.15, -0.1) is 0 Å². The maximum atomic E-state index is 10.1. The second-order valence-electron chi connectivity index (χ2n) is 6.59. The molecule has 0 unspecified atom stereocenters. The molecule has 0 aromatic heterocycles. The van der Waals surface area contributed by atoms with Gasteiger partial charge in [0.25, 0.3) is 0 Å². The molecular formula is C16H25NO10. The highest BCUT2D eigenvalue weighted by atomic mass is 16.7. The van der Waals surface area contributed by atoms with Crippen molar-refractivity contribution in [2.75, 3.05) is 13.2 Å². The molecule has 0 saturated carbocycles. The summed E-state index contributed by atoms with van der Waals surface area (Å²) in [7, 11) is 0. The lowest BCUT2D eigenvalue weighted by Crippen LogP contribution is -2.60. The van der Waals surface area contributed by atoms with Crippen LogP contribution in [0.15, 0.2) is 12.2 Å². The van der Waals surface area contributed by atoms with Crippen LogP contribution in [-0.2, 0) is 18.9 Å². The summed E-state index contributed by atoms with van der Waals surface area (Å²) >= 11 is 0. The lowest BCUT2D eigenvalue weighted by Gasteiger charge is -2.41. The number of nitrogens with zero attached hydrogens (tertiary/aromatic N) is 1. The monoisotopic (exact) mass is 391 g/mol. The van der Waals surface area contributed by atoms with E-state index in [1.165, 1.54) is 6.92 Å². The van der Waals surface area contributed by atoms with Crippen molar-refractivity contribution in [3.8, 4) is 6.07 Å². The third kappa shape index (κ3) is 5.01. The summed E-state index contributed by atoms with van der Waals surface area (Å²) in [5, 5.41) is 68.0. The van der Waals surface area contributed by atoms with Crippen LogP contribution in [0, 0.1) is 11.3 Å². The van der Waals surface area contributed by atoms with E-state index in [1.807, 2.05) is 6.07 Å². The third-order valence-electron chi connectivity index (χ3n) is 4.38. The van der Waals surface area contributed by atoms with E-state index in [-0.39, 0.29) is 6.61 Å². The highest BCUT2D eigenvalue weighted by Gasteiger charge is 2.46. The Bertz CT molecular complexity index is 554. The molecule has 154 valence electrons. The molecule has 2 aliphatic heterocycles. The minimum Gasteiger partial charge on any atom is -0.388 e. The van der Waals surface area contributed by atoms with E-state index in [0.717, 1.165) is 0 Å². The fourth-order valence-electron chi connectivity index (χ4n) is 2.67. The lowest BCUT2D eigenvalue weighted by atomic mass is 9.99. The van der Waals surface area contributed by atoms with Crippen LogP contribution in [0.2, 0.25) is 0 Å². The van der Waals surface area contributed by atoms with Crippen LogP contribution in [0.4, 0.5) is 0 Å². The van der Waals surface area contributed by atoms with Crippen LogP contribution in [-0.4, -0.2) is 105 Å². The number of hydrogen-bond acceptors (Lipinski definition) is 11. The van der Waals surface area contributed by atoms with Crippen LogP contribution < -0.4 is 0 Å². The Morgan fingerprint density at radius 3 is 2.30 bits per heavy atom. The van der Waals surface area contributed by atoms with Gasteiger partial charge in [-0.05, 0) is 12.5 Å². The van der Waals surface area contributed by atoms with Gasteiger partial charge in [-0.1, -0.05) is 6.58 Å². The average Bonchev–Trinajstić information content (AvgIpc) is 2.64. The zero-order valence-electron chi connectivity index (χ0n) is 14.7. The molecule has 2 fully saturated rings. The predicted octanol–water partition coefficient (Wildman–Crippen LogP) is -3.27. The van der Waals surface area contributed by atoms with Crippen molar-refractivity contribution < 1.29 is 49.6 Å². The van der Waals surface area contributed by atoms with Crippen molar-refractivity contribution in [1.82, 2.24) is 0 Å². The molecule has 0 spiro atoms. The lowest BCUT2D eigenvalue weighted by molar-refractivity contribution is -0.323. The van der Waals surface area contributed by atoms with Crippen molar-refractivity contribution in [3.05, 3.63) is 12.2 Å². The van der Waals surface area contributed by atoms with Gasteiger partial charge < -0.3 is 49.6 Å². The Kier molecular flexibility index (Phi) is 7.66. The van der Waals surface area contributed by atoms with Crippen molar-refractivity contribution >= 4 is 0 Å². The molecule has 0 amide bonds. The standard InChI is InChI=1S/C16H25NO10/c1-6(2)8(3-17)26-16-14(23)12(21)11(20)9(27-16)5-25-15-13(22)10(19)7(18)4-24-15/h7-16,18-23H,1,4-5H2,2H3/t7-,8+,9+,10-,11+,12-,13-,14-,15-,16+/m0/s1. The number of aliphatic hydroxyl groups excluding tert-OH is 6. The molecule has 11 nitrogen and oxygen atoms in total. The van der Waals surface area contributed by atoms with Crippen LogP contribution in [0.3, 0.4) is 0 Å². The van der Waals surface area contributed by atoms with E-state index in [2.05, 4.69) is 6.58 Å². The Morgan fingerprint density at radius 1 is 1.07 bits per heavy atom. The first-order valence-electron chi connectivity index (χ1n) is 8.35. The third-order valence-corrected chi connectivity index (χ3v) is 4.38. The molecule has 2 rings (SSSR count). The molecule has 11 heteroatoms. The zero-order chi connectivity index (χ0) is 20.3. The smallest absolute Gasteiger partial charge is 0.188 e. The van der Waals surface area contributed by atoms with Crippen LogP contribution in [0.25, 0.3) is 0 Å². The fourth-order valence-corrected chi connectivity index (χ4v) is 2.67. The van der Waals surface area contributed by atoms with E-state index in [4.69, 9.17) is 24.2 Å². The minimum absolute atomic E-state index is 0.271. The molecule has 0 radical (unpaired) electrons. The highest BCUT2D eigenvalue weighted by Crippen LogP contribution is 2.25. The van der Waals surface area contributed by atoms with Crippen molar-refractivity contribution in [3.63, 3.8) is 0 Å². The van der Waals surface area contributed by atoms with Gasteiger partial charge in [0.1, 0.15) is 42.7 Å². The Hall–Kier alpha value is -1.17. The SMILES string of the molecule is C=C(C)[C@@H](C#N)O[C@@H]1O[C@H](CO[C@@H]2OC[C@H](O)[C@H](O)[C@@H]2O)[C@@H](O)[C@H](O)[C@@H]1O. The first-order chi connectivity index (χ1) is 12.7.